The van der Waals surface area contributed by atoms with Gasteiger partial charge in [0.1, 0.15) is 30.6 Å². The first-order valence-corrected chi connectivity index (χ1v) is 11.8. The topological polar surface area (TPSA) is 164 Å². The van der Waals surface area contributed by atoms with Crippen LogP contribution in [-0.4, -0.2) is 71.4 Å². The molecule has 0 spiro atoms. The molecule has 1 heterocycles. The Morgan fingerprint density at radius 3 is 2.79 bits per heavy atom. The molecule has 0 fully saturated rings. The van der Waals surface area contributed by atoms with Gasteiger partial charge in [-0.1, -0.05) is 35.5 Å². The molecule has 0 saturated carbocycles. The molecular weight excluding hydrogens is 496 g/mol. The van der Waals surface area contributed by atoms with Crippen molar-refractivity contribution in [1.82, 2.24) is 5.32 Å². The minimum Gasteiger partial charge on any atom is -0.507 e. The number of ether oxygens (including phenoxy) is 2. The average Bonchev–Trinajstić information content (AvgIpc) is 2.89. The number of rotatable bonds is 7. The summed E-state index contributed by atoms with van der Waals surface area (Å²) < 4.78 is 10.8. The molecule has 0 saturated heterocycles. The van der Waals surface area contributed by atoms with Crippen molar-refractivity contribution < 1.29 is 44.0 Å². The number of carbonyl (C=O) groups is 3. The summed E-state index contributed by atoms with van der Waals surface area (Å²) in [5.74, 6) is -2.37. The number of oxime groups is 1. The molecule has 11 heteroatoms. The molecule has 0 radical (unpaired) electrons. The van der Waals surface area contributed by atoms with Gasteiger partial charge in [0.05, 0.1) is 25.3 Å². The highest BCUT2D eigenvalue weighted by Gasteiger charge is 2.25. The molecule has 0 bridgehead atoms. The van der Waals surface area contributed by atoms with Crippen molar-refractivity contribution in [3.8, 4) is 5.75 Å². The third-order valence-electron chi connectivity index (χ3n) is 5.32. The standard InChI is InChI=1S/C27H32N2O9/c1-18-10-11-19-6-3-8-23(32)26(19)27(35)38-20(7-4-14-28-24(33)9-5-15-29-36-2)16-25(34)37-21(17-30)12-13-22(18)31/h3-6,8-10,12-15,20-22,30-32H,7,11,16-17H2,1-2H3,(H,28,33)/b9-5+,13-12+,14-4+,18-10?,29-15-. The van der Waals surface area contributed by atoms with Crippen molar-refractivity contribution in [3.63, 3.8) is 0 Å². The van der Waals surface area contributed by atoms with Gasteiger partial charge in [-0.3, -0.25) is 9.59 Å². The SMILES string of the molecule is CO/N=C\C=C\C(=O)N/C=C/CC1CC(=O)OC(CO)/C=C/C(O)C(C)=CCc2cccc(O)c2C(=O)O1. The number of aliphatic hydroxyl groups excluding tert-OH is 2. The normalized spacial score (nSPS) is 22.2. The fraction of sp³-hybridized carbons (Fsp3) is 0.333. The van der Waals surface area contributed by atoms with Crippen LogP contribution in [0.3, 0.4) is 0 Å². The van der Waals surface area contributed by atoms with Gasteiger partial charge in [-0.2, -0.15) is 0 Å². The fourth-order valence-corrected chi connectivity index (χ4v) is 3.32. The van der Waals surface area contributed by atoms with Gasteiger partial charge in [0.25, 0.3) is 0 Å². The largest absolute Gasteiger partial charge is 0.507 e. The van der Waals surface area contributed by atoms with Gasteiger partial charge in [0.2, 0.25) is 5.91 Å². The van der Waals surface area contributed by atoms with Crippen LogP contribution in [0.4, 0.5) is 0 Å². The number of hydrogen-bond donors (Lipinski definition) is 4. The Kier molecular flexibility index (Phi) is 12.5. The van der Waals surface area contributed by atoms with Crippen LogP contribution < -0.4 is 5.32 Å². The van der Waals surface area contributed by atoms with Crippen molar-refractivity contribution in [1.29, 1.82) is 0 Å². The zero-order chi connectivity index (χ0) is 27.9. The number of hydrogen-bond acceptors (Lipinski definition) is 10. The van der Waals surface area contributed by atoms with Crippen LogP contribution in [-0.2, 0) is 30.3 Å². The number of aromatic hydroxyl groups is 1. The van der Waals surface area contributed by atoms with Gasteiger partial charge in [-0.15, -0.1) is 0 Å². The van der Waals surface area contributed by atoms with Crippen LogP contribution in [0.25, 0.3) is 0 Å². The summed E-state index contributed by atoms with van der Waals surface area (Å²) >= 11 is 0. The molecule has 1 amide bonds. The van der Waals surface area contributed by atoms with Crippen LogP contribution in [0.2, 0.25) is 0 Å². The first-order valence-electron chi connectivity index (χ1n) is 11.8. The van der Waals surface area contributed by atoms with E-state index in [1.165, 1.54) is 56.0 Å². The highest BCUT2D eigenvalue weighted by atomic mass is 16.6. The van der Waals surface area contributed by atoms with Crippen molar-refractivity contribution in [3.05, 3.63) is 77.6 Å². The van der Waals surface area contributed by atoms with E-state index in [2.05, 4.69) is 15.3 Å². The van der Waals surface area contributed by atoms with Gasteiger partial charge in [0.15, 0.2) is 0 Å². The molecule has 4 N–H and O–H groups in total. The van der Waals surface area contributed by atoms with E-state index in [0.29, 0.717) is 11.1 Å². The van der Waals surface area contributed by atoms with Crippen molar-refractivity contribution >= 4 is 24.1 Å². The fourth-order valence-electron chi connectivity index (χ4n) is 3.32. The summed E-state index contributed by atoms with van der Waals surface area (Å²) in [6.45, 7) is 1.16. The molecular formula is C27H32N2O9. The van der Waals surface area contributed by atoms with Gasteiger partial charge in [-0.05, 0) is 42.7 Å². The van der Waals surface area contributed by atoms with E-state index in [0.717, 1.165) is 0 Å². The molecule has 38 heavy (non-hydrogen) atoms. The predicted molar refractivity (Wildman–Crippen MR) is 138 cm³/mol. The summed E-state index contributed by atoms with van der Waals surface area (Å²) in [6, 6.07) is 4.57. The van der Waals surface area contributed by atoms with Crippen LogP contribution in [0.5, 0.6) is 5.75 Å². The van der Waals surface area contributed by atoms with Crippen LogP contribution >= 0.6 is 0 Å². The van der Waals surface area contributed by atoms with E-state index >= 15 is 0 Å². The lowest BCUT2D eigenvalue weighted by atomic mass is 10.0. The zero-order valence-corrected chi connectivity index (χ0v) is 21.1. The smallest absolute Gasteiger partial charge is 0.342 e. The molecule has 1 aromatic rings. The molecule has 3 atom stereocenters. The average molecular weight is 529 g/mol. The Morgan fingerprint density at radius 1 is 1.26 bits per heavy atom. The van der Waals surface area contributed by atoms with Gasteiger partial charge >= 0.3 is 11.9 Å². The minimum absolute atomic E-state index is 0.0241. The van der Waals surface area contributed by atoms with E-state index in [1.807, 2.05) is 0 Å². The number of phenols is 1. The van der Waals surface area contributed by atoms with Crippen LogP contribution in [0.1, 0.15) is 35.7 Å². The first kappa shape index (κ1) is 30.0. The number of esters is 2. The lowest BCUT2D eigenvalue weighted by Gasteiger charge is -2.19. The van der Waals surface area contributed by atoms with Crippen molar-refractivity contribution in [2.75, 3.05) is 13.7 Å². The number of aliphatic hydroxyl groups is 2. The number of benzene rings is 1. The lowest BCUT2D eigenvalue weighted by molar-refractivity contribution is -0.150. The number of amides is 1. The van der Waals surface area contributed by atoms with E-state index < -0.39 is 42.8 Å². The molecule has 2 rings (SSSR count). The Labute approximate surface area is 220 Å². The number of allylic oxidation sites excluding steroid dienone is 2. The van der Waals surface area contributed by atoms with Gasteiger partial charge in [0, 0.05) is 18.7 Å². The quantitative estimate of drug-likeness (QED) is 0.136. The maximum atomic E-state index is 13.1. The third kappa shape index (κ3) is 10.0. The molecule has 11 nitrogen and oxygen atoms in total. The summed E-state index contributed by atoms with van der Waals surface area (Å²) in [5, 5.41) is 36.3. The summed E-state index contributed by atoms with van der Waals surface area (Å²) in [6.07, 6.45) is 7.96. The molecule has 3 unspecified atom stereocenters. The molecule has 0 aromatic heterocycles. The highest BCUT2D eigenvalue weighted by Crippen LogP contribution is 2.25. The number of phenolic OH excluding ortho intramolecular Hbond substituents is 1. The van der Waals surface area contributed by atoms with Gasteiger partial charge < -0.3 is 34.9 Å². The molecule has 204 valence electrons. The van der Waals surface area contributed by atoms with E-state index in [9.17, 15) is 29.7 Å². The van der Waals surface area contributed by atoms with Crippen LogP contribution in [0, 0.1) is 0 Å². The second-order valence-electron chi connectivity index (χ2n) is 8.18. The summed E-state index contributed by atoms with van der Waals surface area (Å²) in [5.41, 5.74) is 0.942. The van der Waals surface area contributed by atoms with Crippen molar-refractivity contribution in [2.45, 2.75) is 44.5 Å². The van der Waals surface area contributed by atoms with E-state index in [4.69, 9.17) is 9.47 Å². The molecule has 1 aliphatic heterocycles. The van der Waals surface area contributed by atoms with Gasteiger partial charge in [-0.25, -0.2) is 4.79 Å². The maximum Gasteiger partial charge on any atom is 0.342 e. The Morgan fingerprint density at radius 2 is 2.05 bits per heavy atom. The summed E-state index contributed by atoms with van der Waals surface area (Å²) in [4.78, 5) is 41.9. The number of fused-ring (bicyclic) bond motifs is 1. The predicted octanol–water partition coefficient (Wildman–Crippen LogP) is 1.84. The summed E-state index contributed by atoms with van der Waals surface area (Å²) in [7, 11) is 1.37. The van der Waals surface area contributed by atoms with E-state index in [-0.39, 0.29) is 30.6 Å². The third-order valence-corrected chi connectivity index (χ3v) is 5.32. The van der Waals surface area contributed by atoms with E-state index in [1.54, 1.807) is 25.1 Å². The Bertz CT molecular complexity index is 1120. The minimum atomic E-state index is -1.02. The lowest BCUT2D eigenvalue weighted by Crippen LogP contribution is -2.27. The monoisotopic (exact) mass is 528 g/mol. The Balaban J connectivity index is 2.28. The van der Waals surface area contributed by atoms with Crippen LogP contribution in [0.15, 0.2) is 71.6 Å². The maximum absolute atomic E-state index is 13.1. The second kappa shape index (κ2) is 15.8. The zero-order valence-electron chi connectivity index (χ0n) is 21.1. The number of nitrogens with one attached hydrogen (secondary N) is 1. The highest BCUT2D eigenvalue weighted by molar-refractivity contribution is 5.94. The number of cyclic esters (lactones) is 2. The second-order valence-corrected chi connectivity index (χ2v) is 8.18. The molecule has 1 aromatic carbocycles. The molecule has 0 aliphatic carbocycles. The first-order chi connectivity index (χ1) is 18.2. The molecule has 1 aliphatic rings. The van der Waals surface area contributed by atoms with Crippen molar-refractivity contribution in [2.24, 2.45) is 5.16 Å². The Hall–Kier alpha value is -4.22. The number of carbonyl (C=O) groups excluding carboxylic acids is 3. The number of nitrogens with zero attached hydrogens (tertiary/aromatic N) is 1.